The molecule has 1 aliphatic rings. The molecule has 86 valence electrons. The molecular weight excluding hydrogens is 266 g/mol. The minimum Gasteiger partial charge on any atom is -0.353 e. The summed E-state index contributed by atoms with van der Waals surface area (Å²) in [5.74, 6) is 0.463. The van der Waals surface area contributed by atoms with E-state index in [-0.39, 0.29) is 11.8 Å². The first-order valence-corrected chi connectivity index (χ1v) is 6.49. The molecule has 0 spiro atoms. The van der Waals surface area contributed by atoms with Crippen LogP contribution >= 0.6 is 15.9 Å². The molecule has 1 aliphatic carbocycles. The van der Waals surface area contributed by atoms with E-state index in [1.165, 1.54) is 5.56 Å². The first-order chi connectivity index (χ1) is 7.65. The maximum Gasteiger partial charge on any atom is 0.220 e. The molecule has 1 aromatic rings. The molecule has 0 saturated heterocycles. The molecule has 0 aromatic heterocycles. The lowest BCUT2D eigenvalue weighted by Crippen LogP contribution is -2.26. The SMILES string of the molecule is CC(CC(=O)NC1CC1)c1ccc(Br)cc1. The Kier molecular flexibility index (Phi) is 3.64. The number of amides is 1. The van der Waals surface area contributed by atoms with Crippen LogP contribution in [-0.2, 0) is 4.79 Å². The van der Waals surface area contributed by atoms with Gasteiger partial charge in [0.2, 0.25) is 5.91 Å². The van der Waals surface area contributed by atoms with Gasteiger partial charge in [-0.1, -0.05) is 35.0 Å². The van der Waals surface area contributed by atoms with Crippen molar-refractivity contribution in [2.24, 2.45) is 0 Å². The zero-order valence-electron chi connectivity index (χ0n) is 9.37. The molecule has 2 nitrogen and oxygen atoms in total. The number of nitrogens with one attached hydrogen (secondary N) is 1. The standard InChI is InChI=1S/C13H16BrNO/c1-9(8-13(16)15-12-6-7-12)10-2-4-11(14)5-3-10/h2-5,9,12H,6-8H2,1H3,(H,15,16). The lowest BCUT2D eigenvalue weighted by atomic mass is 9.97. The number of carbonyl (C=O) groups is 1. The van der Waals surface area contributed by atoms with Crippen LogP contribution in [0.5, 0.6) is 0 Å². The van der Waals surface area contributed by atoms with E-state index in [9.17, 15) is 4.79 Å². The Hall–Kier alpha value is -0.830. The van der Waals surface area contributed by atoms with Gasteiger partial charge in [-0.15, -0.1) is 0 Å². The van der Waals surface area contributed by atoms with Crippen LogP contribution < -0.4 is 5.32 Å². The molecule has 1 fully saturated rings. The highest BCUT2D eigenvalue weighted by atomic mass is 79.9. The Balaban J connectivity index is 1.88. The highest BCUT2D eigenvalue weighted by molar-refractivity contribution is 9.10. The van der Waals surface area contributed by atoms with Crippen LogP contribution in [0.25, 0.3) is 0 Å². The predicted octanol–water partition coefficient (Wildman–Crippen LogP) is 3.22. The molecular formula is C13H16BrNO. The van der Waals surface area contributed by atoms with Crippen molar-refractivity contribution in [3.63, 3.8) is 0 Å². The fourth-order valence-corrected chi connectivity index (χ4v) is 1.97. The number of carbonyl (C=O) groups excluding carboxylic acids is 1. The maximum absolute atomic E-state index is 11.6. The smallest absolute Gasteiger partial charge is 0.220 e. The zero-order valence-corrected chi connectivity index (χ0v) is 11.0. The third-order valence-electron chi connectivity index (χ3n) is 2.87. The van der Waals surface area contributed by atoms with E-state index >= 15 is 0 Å². The molecule has 1 unspecified atom stereocenters. The highest BCUT2D eigenvalue weighted by Gasteiger charge is 2.23. The molecule has 0 radical (unpaired) electrons. The minimum atomic E-state index is 0.179. The lowest BCUT2D eigenvalue weighted by molar-refractivity contribution is -0.121. The van der Waals surface area contributed by atoms with Gasteiger partial charge in [0.05, 0.1) is 0 Å². The van der Waals surface area contributed by atoms with Gasteiger partial charge in [0, 0.05) is 16.9 Å². The fraction of sp³-hybridized carbons (Fsp3) is 0.462. The van der Waals surface area contributed by atoms with Crippen LogP contribution in [-0.4, -0.2) is 11.9 Å². The predicted molar refractivity (Wildman–Crippen MR) is 68.3 cm³/mol. The molecule has 0 aliphatic heterocycles. The summed E-state index contributed by atoms with van der Waals surface area (Å²) in [6, 6.07) is 8.64. The summed E-state index contributed by atoms with van der Waals surface area (Å²) in [5.41, 5.74) is 1.22. The summed E-state index contributed by atoms with van der Waals surface area (Å²) < 4.78 is 1.07. The van der Waals surface area contributed by atoms with E-state index in [0.29, 0.717) is 12.5 Å². The van der Waals surface area contributed by atoms with Crippen molar-refractivity contribution in [1.29, 1.82) is 0 Å². The van der Waals surface area contributed by atoms with E-state index in [2.05, 4.69) is 40.3 Å². The molecule has 16 heavy (non-hydrogen) atoms. The average molecular weight is 282 g/mol. The van der Waals surface area contributed by atoms with Crippen LogP contribution in [0.3, 0.4) is 0 Å². The topological polar surface area (TPSA) is 29.1 Å². The summed E-state index contributed by atoms with van der Waals surface area (Å²) in [7, 11) is 0. The second-order valence-corrected chi connectivity index (χ2v) is 5.41. The van der Waals surface area contributed by atoms with Gasteiger partial charge < -0.3 is 5.32 Å². The molecule has 0 heterocycles. The summed E-state index contributed by atoms with van der Waals surface area (Å²) in [6.07, 6.45) is 2.88. The quantitative estimate of drug-likeness (QED) is 0.902. The Morgan fingerprint density at radius 1 is 1.44 bits per heavy atom. The third kappa shape index (κ3) is 3.34. The van der Waals surface area contributed by atoms with E-state index in [0.717, 1.165) is 17.3 Å². The van der Waals surface area contributed by atoms with Gasteiger partial charge in [-0.25, -0.2) is 0 Å². The fourth-order valence-electron chi connectivity index (χ4n) is 1.70. The van der Waals surface area contributed by atoms with Crippen molar-refractivity contribution in [1.82, 2.24) is 5.32 Å². The van der Waals surface area contributed by atoms with E-state index in [4.69, 9.17) is 0 Å². The van der Waals surface area contributed by atoms with Crippen LogP contribution in [0.1, 0.15) is 37.7 Å². The first-order valence-electron chi connectivity index (χ1n) is 5.70. The van der Waals surface area contributed by atoms with E-state index < -0.39 is 0 Å². The number of rotatable bonds is 4. The van der Waals surface area contributed by atoms with Crippen molar-refractivity contribution >= 4 is 21.8 Å². The van der Waals surface area contributed by atoms with Crippen molar-refractivity contribution in [2.45, 2.75) is 38.1 Å². The molecule has 0 bridgehead atoms. The van der Waals surface area contributed by atoms with Gasteiger partial charge >= 0.3 is 0 Å². The Morgan fingerprint density at radius 2 is 2.06 bits per heavy atom. The largest absolute Gasteiger partial charge is 0.353 e. The molecule has 1 atom stereocenters. The summed E-state index contributed by atoms with van der Waals surface area (Å²) in [6.45, 7) is 2.09. The van der Waals surface area contributed by atoms with Crippen molar-refractivity contribution in [2.75, 3.05) is 0 Å². The Morgan fingerprint density at radius 3 is 2.62 bits per heavy atom. The van der Waals surface area contributed by atoms with Crippen LogP contribution in [0.4, 0.5) is 0 Å². The molecule has 1 N–H and O–H groups in total. The number of halogens is 1. The zero-order chi connectivity index (χ0) is 11.5. The second-order valence-electron chi connectivity index (χ2n) is 4.50. The van der Waals surface area contributed by atoms with E-state index in [1.54, 1.807) is 0 Å². The Labute approximate surface area is 105 Å². The molecule has 3 heteroatoms. The Bertz CT molecular complexity index is 370. The molecule has 1 saturated carbocycles. The van der Waals surface area contributed by atoms with Gasteiger partial charge in [-0.3, -0.25) is 4.79 Å². The van der Waals surface area contributed by atoms with Crippen LogP contribution in [0.2, 0.25) is 0 Å². The van der Waals surface area contributed by atoms with Gasteiger partial charge in [0.1, 0.15) is 0 Å². The normalized spacial score (nSPS) is 16.9. The molecule has 1 aromatic carbocycles. The molecule has 1 amide bonds. The average Bonchev–Trinajstić information content (AvgIpc) is 3.02. The third-order valence-corrected chi connectivity index (χ3v) is 3.40. The van der Waals surface area contributed by atoms with Crippen molar-refractivity contribution < 1.29 is 4.79 Å². The minimum absolute atomic E-state index is 0.179. The van der Waals surface area contributed by atoms with Crippen LogP contribution in [0.15, 0.2) is 28.7 Å². The van der Waals surface area contributed by atoms with Crippen LogP contribution in [0, 0.1) is 0 Å². The maximum atomic E-state index is 11.6. The highest BCUT2D eigenvalue weighted by Crippen LogP contribution is 2.23. The molecule has 2 rings (SSSR count). The van der Waals surface area contributed by atoms with Crippen molar-refractivity contribution in [3.8, 4) is 0 Å². The van der Waals surface area contributed by atoms with Gasteiger partial charge in [0.25, 0.3) is 0 Å². The van der Waals surface area contributed by atoms with Gasteiger partial charge in [0.15, 0.2) is 0 Å². The summed E-state index contributed by atoms with van der Waals surface area (Å²) >= 11 is 3.41. The number of hydrogen-bond acceptors (Lipinski definition) is 1. The van der Waals surface area contributed by atoms with E-state index in [1.807, 2.05) is 12.1 Å². The monoisotopic (exact) mass is 281 g/mol. The van der Waals surface area contributed by atoms with Gasteiger partial charge in [-0.05, 0) is 36.5 Å². The van der Waals surface area contributed by atoms with Crippen molar-refractivity contribution in [3.05, 3.63) is 34.3 Å². The first kappa shape index (κ1) is 11.6. The lowest BCUT2D eigenvalue weighted by Gasteiger charge is -2.11. The second kappa shape index (κ2) is 5.00. The number of benzene rings is 1. The summed E-state index contributed by atoms with van der Waals surface area (Å²) in [5, 5.41) is 3.02. The van der Waals surface area contributed by atoms with Gasteiger partial charge in [-0.2, -0.15) is 0 Å². The number of hydrogen-bond donors (Lipinski definition) is 1. The summed E-state index contributed by atoms with van der Waals surface area (Å²) in [4.78, 5) is 11.6.